The van der Waals surface area contributed by atoms with Crippen molar-refractivity contribution in [2.24, 2.45) is 17.8 Å². The minimum absolute atomic E-state index is 0.0839. The fraction of sp³-hybridized carbons (Fsp3) is 0.893. The molecule has 0 aliphatic rings. The standard InChI is InChI=1S/C75H142O17P2/c1-8-10-11-12-13-14-15-16-17-18-23-29-36-44-51-58-74(79)92-71(63-86-73(78)57-50-43-38-31-33-40-47-54-67(5)6)65-90-94(83,84)88-61-69(76)60-87-93(81,82)89-64-70(91-75(80)59-52-45-37-30-25-24-27-34-41-48-55-68(7)9-2)62-85-72(77)56-49-42-35-28-22-20-19-21-26-32-39-46-53-66(3)4/h14-17,66-71,76H,8-13,18-65H2,1-7H3,(H,81,82)(H,83,84)/b15-14-,17-16-/t68?,69?,70-,71-/m1/s1. The molecule has 94 heavy (non-hydrogen) atoms. The first-order chi connectivity index (χ1) is 45.3. The maximum absolute atomic E-state index is 13.1. The van der Waals surface area contributed by atoms with E-state index in [0.29, 0.717) is 31.6 Å². The van der Waals surface area contributed by atoms with Crippen LogP contribution in [0.15, 0.2) is 24.3 Å². The summed E-state index contributed by atoms with van der Waals surface area (Å²) < 4.78 is 68.4. The van der Waals surface area contributed by atoms with E-state index < -0.39 is 97.5 Å². The summed E-state index contributed by atoms with van der Waals surface area (Å²) in [4.78, 5) is 72.7. The van der Waals surface area contributed by atoms with Crippen molar-refractivity contribution in [1.82, 2.24) is 0 Å². The van der Waals surface area contributed by atoms with Gasteiger partial charge in [0.1, 0.15) is 19.3 Å². The third-order valence-electron chi connectivity index (χ3n) is 17.1. The number of phosphoric acid groups is 2. The predicted octanol–water partition coefficient (Wildman–Crippen LogP) is 21.3. The van der Waals surface area contributed by atoms with Gasteiger partial charge >= 0.3 is 39.5 Å². The van der Waals surface area contributed by atoms with E-state index in [0.717, 1.165) is 121 Å². The molecule has 0 fully saturated rings. The Kier molecular flexibility index (Phi) is 63.5. The predicted molar refractivity (Wildman–Crippen MR) is 381 cm³/mol. The highest BCUT2D eigenvalue weighted by Crippen LogP contribution is 2.45. The molecule has 0 heterocycles. The van der Waals surface area contributed by atoms with Crippen LogP contribution in [0, 0.1) is 17.8 Å². The lowest BCUT2D eigenvalue weighted by atomic mass is 9.99. The van der Waals surface area contributed by atoms with E-state index in [4.69, 9.17) is 37.0 Å². The van der Waals surface area contributed by atoms with Gasteiger partial charge in [0.05, 0.1) is 26.4 Å². The highest BCUT2D eigenvalue weighted by molar-refractivity contribution is 7.47. The van der Waals surface area contributed by atoms with E-state index in [1.54, 1.807) is 0 Å². The SMILES string of the molecule is CCCCCC/C=C\C=C/CCCCCCCC(=O)O[C@H](COC(=O)CCCCCCCCCC(C)C)COP(=O)(O)OCC(O)COP(=O)(O)OC[C@@H](COC(=O)CCCCCCCCCCCCCCC(C)C)OC(=O)CCCCCCCCCCCCC(C)CC. The highest BCUT2D eigenvalue weighted by atomic mass is 31.2. The van der Waals surface area contributed by atoms with Gasteiger partial charge in [-0.25, -0.2) is 9.13 Å². The number of aliphatic hydroxyl groups is 1. The van der Waals surface area contributed by atoms with Crippen LogP contribution >= 0.6 is 15.6 Å². The minimum atomic E-state index is -4.96. The van der Waals surface area contributed by atoms with Crippen LogP contribution in [0.1, 0.15) is 357 Å². The van der Waals surface area contributed by atoms with Gasteiger partial charge in [0.15, 0.2) is 12.2 Å². The number of carbonyl (C=O) groups excluding carboxylic acids is 4. The molecule has 4 unspecified atom stereocenters. The molecule has 0 spiro atoms. The Morgan fingerprint density at radius 3 is 0.947 bits per heavy atom. The molecule has 0 rings (SSSR count). The number of ether oxygens (including phenoxy) is 4. The van der Waals surface area contributed by atoms with E-state index in [1.807, 2.05) is 0 Å². The highest BCUT2D eigenvalue weighted by Gasteiger charge is 2.30. The summed E-state index contributed by atoms with van der Waals surface area (Å²) in [7, 11) is -9.92. The van der Waals surface area contributed by atoms with Gasteiger partial charge in [0.2, 0.25) is 0 Å². The lowest BCUT2D eigenvalue weighted by Gasteiger charge is -2.21. The quantitative estimate of drug-likeness (QED) is 0.0169. The Bertz CT molecular complexity index is 1930. The molecule has 0 aromatic rings. The molecule has 0 aromatic heterocycles. The summed E-state index contributed by atoms with van der Waals surface area (Å²) in [5.41, 5.74) is 0. The van der Waals surface area contributed by atoms with Crippen molar-refractivity contribution in [2.75, 3.05) is 39.6 Å². The van der Waals surface area contributed by atoms with Crippen LogP contribution in [0.2, 0.25) is 0 Å². The van der Waals surface area contributed by atoms with Gasteiger partial charge in [0.25, 0.3) is 0 Å². The lowest BCUT2D eigenvalue weighted by molar-refractivity contribution is -0.161. The Morgan fingerprint density at radius 2 is 0.628 bits per heavy atom. The Labute approximate surface area is 573 Å². The van der Waals surface area contributed by atoms with Crippen molar-refractivity contribution in [3.63, 3.8) is 0 Å². The zero-order valence-corrected chi connectivity index (χ0v) is 62.7. The summed E-state index contributed by atoms with van der Waals surface area (Å²) >= 11 is 0. The molecule has 0 saturated heterocycles. The third kappa shape index (κ3) is 66.8. The number of aliphatic hydroxyl groups excluding tert-OH is 1. The van der Waals surface area contributed by atoms with Crippen molar-refractivity contribution in [2.45, 2.75) is 375 Å². The Balaban J connectivity index is 5.29. The molecule has 3 N–H and O–H groups in total. The van der Waals surface area contributed by atoms with Crippen molar-refractivity contribution in [3.05, 3.63) is 24.3 Å². The fourth-order valence-corrected chi connectivity index (χ4v) is 12.4. The van der Waals surface area contributed by atoms with Crippen LogP contribution in [0.5, 0.6) is 0 Å². The lowest BCUT2D eigenvalue weighted by Crippen LogP contribution is -2.30. The average molecular weight is 1380 g/mol. The molecule has 0 saturated carbocycles. The summed E-state index contributed by atoms with van der Waals surface area (Å²) in [6, 6.07) is 0. The molecule has 19 heteroatoms. The largest absolute Gasteiger partial charge is 0.472 e. The van der Waals surface area contributed by atoms with Crippen molar-refractivity contribution < 1.29 is 80.2 Å². The van der Waals surface area contributed by atoms with Crippen LogP contribution in [0.25, 0.3) is 0 Å². The zero-order chi connectivity index (χ0) is 69.4. The minimum Gasteiger partial charge on any atom is -0.462 e. The van der Waals surface area contributed by atoms with E-state index in [1.165, 1.54) is 148 Å². The number of unbranched alkanes of at least 4 members (excludes halogenated alkanes) is 35. The number of phosphoric ester groups is 2. The number of esters is 4. The number of hydrogen-bond acceptors (Lipinski definition) is 15. The maximum atomic E-state index is 13.1. The van der Waals surface area contributed by atoms with E-state index in [-0.39, 0.29) is 25.7 Å². The molecule has 554 valence electrons. The summed E-state index contributed by atoms with van der Waals surface area (Å²) in [6.07, 6.45) is 53.5. The van der Waals surface area contributed by atoms with Crippen LogP contribution in [-0.4, -0.2) is 96.7 Å². The molecule has 0 aromatic carbocycles. The molecule has 0 amide bonds. The molecule has 0 aliphatic carbocycles. The van der Waals surface area contributed by atoms with Gasteiger partial charge in [-0.05, 0) is 69.1 Å². The average Bonchev–Trinajstić information content (AvgIpc) is 2.06. The topological polar surface area (TPSA) is 237 Å². The molecule has 0 aliphatic heterocycles. The van der Waals surface area contributed by atoms with Gasteiger partial charge in [-0.3, -0.25) is 37.3 Å². The number of carbonyl (C=O) groups is 4. The van der Waals surface area contributed by atoms with Crippen LogP contribution in [0.3, 0.4) is 0 Å². The second-order valence-electron chi connectivity index (χ2n) is 27.5. The third-order valence-corrected chi connectivity index (χ3v) is 19.0. The van der Waals surface area contributed by atoms with Gasteiger partial charge < -0.3 is 33.8 Å². The van der Waals surface area contributed by atoms with E-state index >= 15 is 0 Å². The van der Waals surface area contributed by atoms with Gasteiger partial charge in [-0.1, -0.05) is 304 Å². The first-order valence-electron chi connectivity index (χ1n) is 38.2. The van der Waals surface area contributed by atoms with Crippen molar-refractivity contribution in [1.29, 1.82) is 0 Å². The zero-order valence-electron chi connectivity index (χ0n) is 60.9. The van der Waals surface area contributed by atoms with E-state index in [2.05, 4.69) is 72.8 Å². The molecule has 0 bridgehead atoms. The maximum Gasteiger partial charge on any atom is 0.472 e. The van der Waals surface area contributed by atoms with Crippen molar-refractivity contribution in [3.8, 4) is 0 Å². The van der Waals surface area contributed by atoms with Gasteiger partial charge in [0, 0.05) is 25.7 Å². The van der Waals surface area contributed by atoms with Crippen LogP contribution < -0.4 is 0 Å². The van der Waals surface area contributed by atoms with Crippen LogP contribution in [-0.2, 0) is 65.4 Å². The summed E-state index contributed by atoms with van der Waals surface area (Å²) in [6.45, 7) is 11.8. The molecular formula is C75H142O17P2. The first kappa shape index (κ1) is 91.5. The molecule has 0 radical (unpaired) electrons. The number of hydrogen-bond donors (Lipinski definition) is 3. The molecule has 17 nitrogen and oxygen atoms in total. The Hall–Kier alpha value is -2.46. The molecule has 6 atom stereocenters. The fourth-order valence-electron chi connectivity index (χ4n) is 10.9. The van der Waals surface area contributed by atoms with E-state index in [9.17, 15) is 43.2 Å². The monoisotopic (exact) mass is 1380 g/mol. The molecular weight excluding hydrogens is 1230 g/mol. The second-order valence-corrected chi connectivity index (χ2v) is 30.5. The number of rotatable bonds is 71. The smallest absolute Gasteiger partial charge is 0.462 e. The van der Waals surface area contributed by atoms with Crippen LogP contribution in [0.4, 0.5) is 0 Å². The van der Waals surface area contributed by atoms with Crippen molar-refractivity contribution >= 4 is 39.5 Å². The summed E-state index contributed by atoms with van der Waals surface area (Å²) in [5, 5.41) is 10.6. The van der Waals surface area contributed by atoms with Gasteiger partial charge in [-0.2, -0.15) is 0 Å². The first-order valence-corrected chi connectivity index (χ1v) is 41.2. The Morgan fingerprint density at radius 1 is 0.351 bits per heavy atom. The summed E-state index contributed by atoms with van der Waals surface area (Å²) in [5.74, 6) is 0.133. The number of allylic oxidation sites excluding steroid dienone is 4. The van der Waals surface area contributed by atoms with Gasteiger partial charge in [-0.15, -0.1) is 0 Å². The normalized spacial score (nSPS) is 14.6. The second kappa shape index (κ2) is 65.2.